The van der Waals surface area contributed by atoms with Crippen LogP contribution in [-0.2, 0) is 0 Å². The smallest absolute Gasteiger partial charge is 0.191 e. The third kappa shape index (κ3) is 6.05. The van der Waals surface area contributed by atoms with Crippen LogP contribution in [0.15, 0.2) is 12.1 Å². The normalized spacial score (nSPS) is 28.9. The van der Waals surface area contributed by atoms with Gasteiger partial charge in [-0.2, -0.15) is 0 Å². The van der Waals surface area contributed by atoms with Crippen LogP contribution in [0.1, 0.15) is 90.0 Å². The summed E-state index contributed by atoms with van der Waals surface area (Å²) in [5, 5.41) is 0. The monoisotopic (exact) mass is 422 g/mol. The van der Waals surface area contributed by atoms with E-state index in [9.17, 15) is 8.78 Å². The van der Waals surface area contributed by atoms with Gasteiger partial charge in [0.15, 0.2) is 17.4 Å². The topological polar surface area (TPSA) is 9.23 Å². The first-order chi connectivity index (χ1) is 14.0. The zero-order valence-corrected chi connectivity index (χ0v) is 19.8. The Morgan fingerprint density at radius 3 is 2.07 bits per heavy atom. The third-order valence-corrected chi connectivity index (χ3v) is 11.2. The van der Waals surface area contributed by atoms with Crippen LogP contribution in [0, 0.1) is 23.5 Å². The average molecular weight is 423 g/mol. The average Bonchev–Trinajstić information content (AvgIpc) is 2.72. The van der Waals surface area contributed by atoms with Crippen molar-refractivity contribution in [3.05, 3.63) is 29.3 Å². The summed E-state index contributed by atoms with van der Waals surface area (Å²) < 4.78 is 34.7. The highest BCUT2D eigenvalue weighted by atomic mass is 28.3. The summed E-state index contributed by atoms with van der Waals surface area (Å²) in [5.41, 5.74) is 0.827. The SMILES string of the molecule is CCC[C@@H](C)Oc1c(F)cc([C@H]2CC[C@H]([C@H]3CC[Si@H](CCC)CC3)CC2)cc1F. The molecule has 0 radical (unpaired) electrons. The first-order valence-electron chi connectivity index (χ1n) is 12.2. The fourth-order valence-corrected chi connectivity index (χ4v) is 9.36. The molecular formula is C25H40F2OSi. The minimum Gasteiger partial charge on any atom is -0.485 e. The maximum absolute atomic E-state index is 14.6. The fourth-order valence-electron chi connectivity index (χ4n) is 5.87. The van der Waals surface area contributed by atoms with Crippen molar-refractivity contribution >= 4 is 8.80 Å². The lowest BCUT2D eigenvalue weighted by molar-refractivity contribution is 0.190. The third-order valence-electron chi connectivity index (χ3n) is 7.53. The van der Waals surface area contributed by atoms with Gasteiger partial charge in [0.2, 0.25) is 0 Å². The minimum absolute atomic E-state index is 0.166. The number of hydrogen-bond acceptors (Lipinski definition) is 1. The fraction of sp³-hybridized carbons (Fsp3) is 0.760. The molecule has 0 spiro atoms. The summed E-state index contributed by atoms with van der Waals surface area (Å²) >= 11 is 0. The van der Waals surface area contributed by atoms with E-state index in [1.165, 1.54) is 50.3 Å². The molecule has 0 N–H and O–H groups in total. The Kier molecular flexibility index (Phi) is 8.58. The molecule has 1 aliphatic heterocycles. The van der Waals surface area contributed by atoms with E-state index in [4.69, 9.17) is 4.74 Å². The molecule has 1 aromatic carbocycles. The van der Waals surface area contributed by atoms with E-state index in [0.29, 0.717) is 5.92 Å². The molecule has 1 heterocycles. The molecule has 2 aliphatic rings. The van der Waals surface area contributed by atoms with Crippen LogP contribution in [0.4, 0.5) is 8.78 Å². The Bertz CT molecular complexity index is 611. The Hall–Kier alpha value is -0.903. The molecule has 4 heteroatoms. The summed E-state index contributed by atoms with van der Waals surface area (Å²) in [6.45, 7) is 6.25. The van der Waals surface area contributed by atoms with Gasteiger partial charge in [-0.05, 0) is 74.5 Å². The molecule has 1 saturated carbocycles. The maximum atomic E-state index is 14.6. The number of benzene rings is 1. The first-order valence-corrected chi connectivity index (χ1v) is 14.6. The molecule has 2 fully saturated rings. The molecule has 164 valence electrons. The summed E-state index contributed by atoms with van der Waals surface area (Å²) in [7, 11) is -0.407. The van der Waals surface area contributed by atoms with Crippen LogP contribution in [0.25, 0.3) is 0 Å². The highest BCUT2D eigenvalue weighted by Crippen LogP contribution is 2.44. The van der Waals surface area contributed by atoms with Crippen molar-refractivity contribution in [2.24, 2.45) is 11.8 Å². The van der Waals surface area contributed by atoms with Crippen molar-refractivity contribution in [2.75, 3.05) is 0 Å². The van der Waals surface area contributed by atoms with Gasteiger partial charge in [-0.25, -0.2) is 8.78 Å². The molecule has 1 nitrogen and oxygen atoms in total. The van der Waals surface area contributed by atoms with Crippen molar-refractivity contribution < 1.29 is 13.5 Å². The maximum Gasteiger partial charge on any atom is 0.191 e. The molecule has 0 aromatic heterocycles. The summed E-state index contributed by atoms with van der Waals surface area (Å²) in [6.07, 6.45) is 10.5. The summed E-state index contributed by atoms with van der Waals surface area (Å²) in [5.74, 6) is 0.781. The van der Waals surface area contributed by atoms with Gasteiger partial charge in [0.05, 0.1) is 6.10 Å². The van der Waals surface area contributed by atoms with Gasteiger partial charge in [0.25, 0.3) is 0 Å². The van der Waals surface area contributed by atoms with Gasteiger partial charge in [-0.3, -0.25) is 0 Å². The van der Waals surface area contributed by atoms with Gasteiger partial charge in [-0.1, -0.05) is 57.7 Å². The van der Waals surface area contributed by atoms with Crippen molar-refractivity contribution in [3.63, 3.8) is 0 Å². The molecule has 0 unspecified atom stereocenters. The van der Waals surface area contributed by atoms with Crippen LogP contribution in [0.3, 0.4) is 0 Å². The molecule has 29 heavy (non-hydrogen) atoms. The zero-order valence-electron chi connectivity index (χ0n) is 18.7. The minimum atomic E-state index is -0.538. The second-order valence-electron chi connectivity index (χ2n) is 9.71. The van der Waals surface area contributed by atoms with E-state index in [-0.39, 0.29) is 11.9 Å². The van der Waals surface area contributed by atoms with E-state index < -0.39 is 20.4 Å². The van der Waals surface area contributed by atoms with Crippen molar-refractivity contribution in [2.45, 2.75) is 109 Å². The number of halogens is 2. The Morgan fingerprint density at radius 1 is 0.931 bits per heavy atom. The quantitative estimate of drug-likeness (QED) is 0.387. The van der Waals surface area contributed by atoms with E-state index in [2.05, 4.69) is 6.92 Å². The predicted octanol–water partition coefficient (Wildman–Crippen LogP) is 7.85. The zero-order chi connectivity index (χ0) is 20.8. The predicted molar refractivity (Wildman–Crippen MR) is 121 cm³/mol. The molecule has 0 bridgehead atoms. The van der Waals surface area contributed by atoms with Gasteiger partial charge < -0.3 is 4.74 Å². The highest BCUT2D eigenvalue weighted by Gasteiger charge is 2.32. The number of hydrogen-bond donors (Lipinski definition) is 0. The van der Waals surface area contributed by atoms with E-state index in [0.717, 1.165) is 43.1 Å². The van der Waals surface area contributed by atoms with Gasteiger partial charge >= 0.3 is 0 Å². The molecule has 1 saturated heterocycles. The molecule has 1 aromatic rings. The first kappa shape index (κ1) is 22.8. The molecule has 0 amide bonds. The van der Waals surface area contributed by atoms with E-state index >= 15 is 0 Å². The Labute approximate surface area is 178 Å². The van der Waals surface area contributed by atoms with Crippen molar-refractivity contribution in [1.82, 2.24) is 0 Å². The number of rotatable bonds is 8. The van der Waals surface area contributed by atoms with E-state index in [1.54, 1.807) is 12.1 Å². The lowest BCUT2D eigenvalue weighted by Gasteiger charge is -2.37. The van der Waals surface area contributed by atoms with E-state index in [1.807, 2.05) is 13.8 Å². The molecule has 3 rings (SSSR count). The second-order valence-corrected chi connectivity index (χ2v) is 13.2. The highest BCUT2D eigenvalue weighted by molar-refractivity contribution is 6.58. The van der Waals surface area contributed by atoms with Crippen LogP contribution in [-0.4, -0.2) is 14.9 Å². The summed E-state index contributed by atoms with van der Waals surface area (Å²) in [6, 6.07) is 7.69. The van der Waals surface area contributed by atoms with Gasteiger partial charge in [0.1, 0.15) is 0 Å². The lowest BCUT2D eigenvalue weighted by Crippen LogP contribution is -2.28. The van der Waals surface area contributed by atoms with Crippen LogP contribution in [0.5, 0.6) is 5.75 Å². The van der Waals surface area contributed by atoms with Crippen LogP contribution >= 0.6 is 0 Å². The second kappa shape index (κ2) is 10.9. The summed E-state index contributed by atoms with van der Waals surface area (Å²) in [4.78, 5) is 0. The standard InChI is InChI=1S/C25H40F2OSi/c1-4-6-18(3)28-25-23(26)16-22(17-24(25)27)20-9-7-19(8-10-20)21-11-14-29(13-5-2)15-12-21/h16-21,29H,4-15H2,1-3H3/t18-,19-,20-,21-,29-/m1/s1. The Morgan fingerprint density at radius 2 is 1.52 bits per heavy atom. The molecule has 1 atom stereocenters. The molecule has 1 aliphatic carbocycles. The van der Waals surface area contributed by atoms with Gasteiger partial charge in [-0.15, -0.1) is 0 Å². The molecular weight excluding hydrogens is 382 g/mol. The van der Waals surface area contributed by atoms with Gasteiger partial charge in [0, 0.05) is 8.80 Å². The lowest BCUT2D eigenvalue weighted by atomic mass is 9.72. The van der Waals surface area contributed by atoms with Crippen molar-refractivity contribution in [3.8, 4) is 5.75 Å². The van der Waals surface area contributed by atoms with Crippen molar-refractivity contribution in [1.29, 1.82) is 0 Å². The van der Waals surface area contributed by atoms with Crippen LogP contribution < -0.4 is 4.74 Å². The largest absolute Gasteiger partial charge is 0.485 e. The number of ether oxygens (including phenoxy) is 1. The van der Waals surface area contributed by atoms with Crippen LogP contribution in [0.2, 0.25) is 18.1 Å². The Balaban J connectivity index is 1.54.